The minimum atomic E-state index is -0.602. The Kier molecular flexibility index (Phi) is 7.05. The van der Waals surface area contributed by atoms with Gasteiger partial charge in [-0.05, 0) is 11.3 Å². The van der Waals surface area contributed by atoms with Gasteiger partial charge in [0.15, 0.2) is 0 Å². The molecule has 0 saturated carbocycles. The van der Waals surface area contributed by atoms with Crippen molar-refractivity contribution in [2.45, 2.75) is 59.5 Å². The van der Waals surface area contributed by atoms with Gasteiger partial charge in [0.05, 0.1) is 7.11 Å². The molecule has 1 amide bonds. The van der Waals surface area contributed by atoms with Crippen molar-refractivity contribution in [3.8, 4) is 0 Å². The van der Waals surface area contributed by atoms with Gasteiger partial charge in [0, 0.05) is 12.5 Å². The van der Waals surface area contributed by atoms with Gasteiger partial charge in [0.1, 0.15) is 6.04 Å². The average Bonchev–Trinajstić information content (AvgIpc) is 2.32. The van der Waals surface area contributed by atoms with E-state index in [1.165, 1.54) is 7.11 Å². The number of ether oxygens (including phenoxy) is 1. The minimum absolute atomic E-state index is 0.0299. The lowest BCUT2D eigenvalue weighted by atomic mass is 9.85. The van der Waals surface area contributed by atoms with Crippen LogP contribution in [-0.2, 0) is 14.3 Å². The van der Waals surface area contributed by atoms with Gasteiger partial charge in [0.2, 0.25) is 5.91 Å². The van der Waals surface area contributed by atoms with Gasteiger partial charge >= 0.3 is 5.97 Å². The van der Waals surface area contributed by atoms with Crippen molar-refractivity contribution in [1.82, 2.24) is 5.32 Å². The van der Waals surface area contributed by atoms with E-state index in [2.05, 4.69) is 5.32 Å². The number of carbonyl (C=O) groups excluding carboxylic acids is 2. The molecule has 0 spiro atoms. The molecule has 0 fully saturated rings. The average molecular weight is 272 g/mol. The molecule has 5 heteroatoms. The largest absolute Gasteiger partial charge is 0.467 e. The van der Waals surface area contributed by atoms with Gasteiger partial charge in [-0.15, -0.1) is 0 Å². The van der Waals surface area contributed by atoms with Crippen LogP contribution < -0.4 is 11.1 Å². The monoisotopic (exact) mass is 272 g/mol. The van der Waals surface area contributed by atoms with E-state index in [0.717, 1.165) is 6.42 Å². The number of methoxy groups -OCH3 is 1. The summed E-state index contributed by atoms with van der Waals surface area (Å²) in [5.74, 6) is -0.590. The van der Waals surface area contributed by atoms with Crippen molar-refractivity contribution >= 4 is 11.9 Å². The van der Waals surface area contributed by atoms with Crippen LogP contribution in [0.1, 0.15) is 47.5 Å². The summed E-state index contributed by atoms with van der Waals surface area (Å²) in [6, 6.07) is -0.850. The fourth-order valence-corrected chi connectivity index (χ4v) is 1.53. The first-order valence-corrected chi connectivity index (χ1v) is 6.76. The van der Waals surface area contributed by atoms with E-state index in [0.29, 0.717) is 0 Å². The molecule has 0 bridgehead atoms. The number of nitrogens with one attached hydrogen (secondary N) is 1. The highest BCUT2D eigenvalue weighted by molar-refractivity contribution is 5.84. The van der Waals surface area contributed by atoms with E-state index < -0.39 is 12.0 Å². The lowest BCUT2D eigenvalue weighted by molar-refractivity contribution is -0.146. The Labute approximate surface area is 116 Å². The van der Waals surface area contributed by atoms with E-state index in [1.54, 1.807) is 0 Å². The fourth-order valence-electron chi connectivity index (χ4n) is 1.53. The third-order valence-corrected chi connectivity index (χ3v) is 3.50. The Balaban J connectivity index is 4.60. The van der Waals surface area contributed by atoms with Crippen LogP contribution in [0.4, 0.5) is 0 Å². The van der Waals surface area contributed by atoms with E-state index in [1.807, 2.05) is 34.6 Å². The topological polar surface area (TPSA) is 81.4 Å². The summed E-state index contributed by atoms with van der Waals surface area (Å²) in [7, 11) is 1.32. The van der Waals surface area contributed by atoms with Crippen LogP contribution in [0, 0.1) is 11.3 Å². The van der Waals surface area contributed by atoms with Crippen molar-refractivity contribution < 1.29 is 14.3 Å². The molecule has 0 aliphatic carbocycles. The molecule has 0 aliphatic heterocycles. The maximum absolute atomic E-state index is 12.0. The fraction of sp³-hybridized carbons (Fsp3) is 0.857. The quantitative estimate of drug-likeness (QED) is 0.717. The van der Waals surface area contributed by atoms with Crippen LogP contribution in [0.5, 0.6) is 0 Å². The van der Waals surface area contributed by atoms with Gasteiger partial charge in [0.25, 0.3) is 0 Å². The SMILES string of the molecule is CCC(C)C(NC(=O)CC(N)C(C)(C)C)C(=O)OC. The van der Waals surface area contributed by atoms with Crippen molar-refractivity contribution in [3.63, 3.8) is 0 Å². The number of carbonyl (C=O) groups is 2. The van der Waals surface area contributed by atoms with E-state index in [9.17, 15) is 9.59 Å². The number of amides is 1. The van der Waals surface area contributed by atoms with Crippen molar-refractivity contribution in [2.24, 2.45) is 17.1 Å². The third kappa shape index (κ3) is 6.05. The standard InChI is InChI=1S/C14H28N2O3/c1-7-9(2)12(13(18)19-6)16-11(17)8-10(15)14(3,4)5/h9-10,12H,7-8,15H2,1-6H3,(H,16,17). The predicted octanol–water partition coefficient (Wildman–Crippen LogP) is 1.45. The molecule has 0 heterocycles. The van der Waals surface area contributed by atoms with E-state index in [-0.39, 0.29) is 29.7 Å². The van der Waals surface area contributed by atoms with Crippen molar-refractivity contribution in [3.05, 3.63) is 0 Å². The molecule has 0 aliphatic rings. The lowest BCUT2D eigenvalue weighted by Crippen LogP contribution is -2.48. The molecule has 0 saturated heterocycles. The van der Waals surface area contributed by atoms with Gasteiger partial charge in [-0.2, -0.15) is 0 Å². The highest BCUT2D eigenvalue weighted by atomic mass is 16.5. The molecule has 0 rings (SSSR count). The summed E-state index contributed by atoms with van der Waals surface area (Å²) in [5, 5.41) is 2.73. The Morgan fingerprint density at radius 1 is 1.32 bits per heavy atom. The number of hydrogen-bond donors (Lipinski definition) is 2. The Hall–Kier alpha value is -1.10. The molecule has 3 unspecified atom stereocenters. The number of nitrogens with two attached hydrogens (primary N) is 1. The Morgan fingerprint density at radius 3 is 2.21 bits per heavy atom. The van der Waals surface area contributed by atoms with Crippen molar-refractivity contribution in [1.29, 1.82) is 0 Å². The maximum Gasteiger partial charge on any atom is 0.328 e. The van der Waals surface area contributed by atoms with Crippen LogP contribution in [0.15, 0.2) is 0 Å². The summed E-state index contributed by atoms with van der Waals surface area (Å²) in [5.41, 5.74) is 5.82. The second kappa shape index (κ2) is 7.48. The van der Waals surface area contributed by atoms with E-state index in [4.69, 9.17) is 10.5 Å². The minimum Gasteiger partial charge on any atom is -0.467 e. The molecule has 0 aromatic carbocycles. The van der Waals surface area contributed by atoms with Gasteiger partial charge in [-0.25, -0.2) is 4.79 Å². The maximum atomic E-state index is 12.0. The zero-order chi connectivity index (χ0) is 15.2. The molecule has 5 nitrogen and oxygen atoms in total. The molecule has 0 aromatic rings. The normalized spacial score (nSPS) is 16.4. The molecule has 3 atom stereocenters. The third-order valence-electron chi connectivity index (χ3n) is 3.50. The number of esters is 1. The molecule has 3 N–H and O–H groups in total. The number of hydrogen-bond acceptors (Lipinski definition) is 4. The highest BCUT2D eigenvalue weighted by Gasteiger charge is 2.29. The summed E-state index contributed by atoms with van der Waals surface area (Å²) in [6.45, 7) is 9.82. The molecule has 0 radical (unpaired) electrons. The summed E-state index contributed by atoms with van der Waals surface area (Å²) in [6.07, 6.45) is 0.985. The predicted molar refractivity (Wildman–Crippen MR) is 75.4 cm³/mol. The summed E-state index contributed by atoms with van der Waals surface area (Å²) >= 11 is 0. The van der Waals surface area contributed by atoms with Crippen molar-refractivity contribution in [2.75, 3.05) is 7.11 Å². The van der Waals surface area contributed by atoms with Gasteiger partial charge in [-0.1, -0.05) is 41.0 Å². The van der Waals surface area contributed by atoms with Crippen LogP contribution in [0.25, 0.3) is 0 Å². The van der Waals surface area contributed by atoms with Gasteiger partial charge < -0.3 is 15.8 Å². The van der Waals surface area contributed by atoms with Crippen LogP contribution >= 0.6 is 0 Å². The smallest absolute Gasteiger partial charge is 0.328 e. The first-order chi connectivity index (χ1) is 8.63. The molecule has 0 aromatic heterocycles. The summed E-state index contributed by atoms with van der Waals surface area (Å²) in [4.78, 5) is 23.6. The molecular weight excluding hydrogens is 244 g/mol. The zero-order valence-corrected chi connectivity index (χ0v) is 12.9. The Morgan fingerprint density at radius 2 is 1.84 bits per heavy atom. The first kappa shape index (κ1) is 17.9. The van der Waals surface area contributed by atoms with Crippen LogP contribution in [-0.4, -0.2) is 31.1 Å². The Bertz CT molecular complexity index is 310. The molecule has 19 heavy (non-hydrogen) atoms. The highest BCUT2D eigenvalue weighted by Crippen LogP contribution is 2.20. The van der Waals surface area contributed by atoms with Gasteiger partial charge in [-0.3, -0.25) is 4.79 Å². The second-order valence-corrected chi connectivity index (χ2v) is 6.13. The lowest BCUT2D eigenvalue weighted by Gasteiger charge is -2.28. The van der Waals surface area contributed by atoms with Crippen LogP contribution in [0.2, 0.25) is 0 Å². The zero-order valence-electron chi connectivity index (χ0n) is 12.9. The van der Waals surface area contributed by atoms with Crippen LogP contribution in [0.3, 0.4) is 0 Å². The molecular formula is C14H28N2O3. The first-order valence-electron chi connectivity index (χ1n) is 6.76. The molecule has 112 valence electrons. The second-order valence-electron chi connectivity index (χ2n) is 6.13. The number of rotatable bonds is 6. The van der Waals surface area contributed by atoms with E-state index >= 15 is 0 Å². The summed E-state index contributed by atoms with van der Waals surface area (Å²) < 4.78 is 4.72.